The summed E-state index contributed by atoms with van der Waals surface area (Å²) in [5.41, 5.74) is 3.05. The average Bonchev–Trinajstić information content (AvgIpc) is 3.30. The van der Waals surface area contributed by atoms with Crippen molar-refractivity contribution in [1.82, 2.24) is 9.97 Å². The maximum atomic E-state index is 10.1. The number of rotatable bonds is 6. The van der Waals surface area contributed by atoms with Crippen molar-refractivity contribution in [2.45, 2.75) is 19.4 Å². The number of nitrogens with zero attached hydrogens (tertiary/aromatic N) is 1. The van der Waals surface area contributed by atoms with Crippen LogP contribution in [0.1, 0.15) is 29.7 Å². The van der Waals surface area contributed by atoms with Crippen LogP contribution in [-0.4, -0.2) is 22.1 Å². The first-order valence-electron chi connectivity index (χ1n) is 8.81. The molecule has 0 aliphatic rings. The van der Waals surface area contributed by atoms with Crippen LogP contribution in [0.4, 0.5) is 6.01 Å². The molecule has 27 heavy (non-hydrogen) atoms. The molecule has 2 heterocycles. The van der Waals surface area contributed by atoms with E-state index >= 15 is 0 Å². The zero-order chi connectivity index (χ0) is 18.8. The van der Waals surface area contributed by atoms with Crippen LogP contribution in [0.2, 0.25) is 0 Å². The second-order valence-corrected chi connectivity index (χ2v) is 6.38. The van der Waals surface area contributed by atoms with Crippen molar-refractivity contribution in [3.8, 4) is 11.6 Å². The minimum Gasteiger partial charge on any atom is -0.491 e. The molecule has 0 saturated carbocycles. The third-order valence-electron chi connectivity index (χ3n) is 4.64. The van der Waals surface area contributed by atoms with Gasteiger partial charge in [-0.25, -0.2) is 0 Å². The highest BCUT2D eigenvalue weighted by Gasteiger charge is 2.24. The summed E-state index contributed by atoms with van der Waals surface area (Å²) in [6.45, 7) is 2.45. The summed E-state index contributed by atoms with van der Waals surface area (Å²) >= 11 is 0. The Labute approximate surface area is 156 Å². The fraction of sp³-hybridized carbons (Fsp3) is 0.190. The third-order valence-corrected chi connectivity index (χ3v) is 4.64. The van der Waals surface area contributed by atoms with E-state index in [4.69, 9.17) is 9.15 Å². The van der Waals surface area contributed by atoms with E-state index in [1.54, 1.807) is 7.05 Å². The van der Waals surface area contributed by atoms with Crippen molar-refractivity contribution in [1.29, 1.82) is 0 Å². The van der Waals surface area contributed by atoms with Crippen molar-refractivity contribution in [2.75, 3.05) is 12.4 Å². The Hall–Kier alpha value is -3.41. The summed E-state index contributed by atoms with van der Waals surface area (Å²) in [6.07, 6.45) is 1.92. The van der Waals surface area contributed by atoms with Crippen LogP contribution >= 0.6 is 0 Å². The zero-order valence-corrected chi connectivity index (χ0v) is 15.2. The highest BCUT2D eigenvalue weighted by atomic mass is 16.5. The van der Waals surface area contributed by atoms with Crippen LogP contribution in [0.25, 0.3) is 10.9 Å². The second-order valence-electron chi connectivity index (χ2n) is 6.38. The number of hydrogen-bond acceptors (Lipinski definition) is 5. The van der Waals surface area contributed by atoms with Crippen molar-refractivity contribution in [2.24, 2.45) is 0 Å². The molecule has 0 bridgehead atoms. The van der Waals surface area contributed by atoms with Gasteiger partial charge in [0, 0.05) is 30.1 Å². The molecule has 0 amide bonds. The number of fused-ring (bicyclic) bond motifs is 1. The van der Waals surface area contributed by atoms with Crippen molar-refractivity contribution in [3.63, 3.8) is 0 Å². The Morgan fingerprint density at radius 1 is 1.19 bits per heavy atom. The largest absolute Gasteiger partial charge is 0.491 e. The van der Waals surface area contributed by atoms with Gasteiger partial charge in [-0.15, -0.1) is 0 Å². The molecule has 138 valence electrons. The molecule has 0 radical (unpaired) electrons. The Kier molecular flexibility index (Phi) is 4.46. The number of benzene rings is 2. The van der Waals surface area contributed by atoms with Crippen LogP contribution in [0.5, 0.6) is 11.6 Å². The van der Waals surface area contributed by atoms with Gasteiger partial charge in [0.15, 0.2) is 5.76 Å². The van der Waals surface area contributed by atoms with Gasteiger partial charge in [-0.1, -0.05) is 43.3 Å². The van der Waals surface area contributed by atoms with Gasteiger partial charge in [-0.05, 0) is 23.3 Å². The van der Waals surface area contributed by atoms with Gasteiger partial charge in [0.25, 0.3) is 11.9 Å². The number of aromatic hydroxyl groups is 1. The number of hydrogen-bond donors (Lipinski definition) is 3. The zero-order valence-electron chi connectivity index (χ0n) is 15.2. The summed E-state index contributed by atoms with van der Waals surface area (Å²) in [5, 5.41) is 13.9. The fourth-order valence-corrected chi connectivity index (χ4v) is 3.23. The standard InChI is InChI=1S/C21H21N3O3/c1-13(19-20(25)24-21(22-2)27-19)15-11-23-16-9-6-10-17(18(15)16)26-12-14-7-4-3-5-8-14/h3-11,13,23,25H,12H2,1-2H3,(H,22,24). The minimum atomic E-state index is -0.199. The van der Waals surface area contributed by atoms with Crippen LogP contribution in [0.15, 0.2) is 59.1 Å². The number of oxazole rings is 1. The molecule has 0 aliphatic heterocycles. The minimum absolute atomic E-state index is 0.108. The summed E-state index contributed by atoms with van der Waals surface area (Å²) in [6, 6.07) is 16.2. The maximum Gasteiger partial charge on any atom is 0.297 e. The van der Waals surface area contributed by atoms with Gasteiger partial charge < -0.3 is 24.6 Å². The lowest BCUT2D eigenvalue weighted by molar-refractivity contribution is 0.310. The van der Waals surface area contributed by atoms with Crippen molar-refractivity contribution < 1.29 is 14.3 Å². The second kappa shape index (κ2) is 7.07. The molecule has 2 aromatic heterocycles. The van der Waals surface area contributed by atoms with Crippen LogP contribution < -0.4 is 10.1 Å². The van der Waals surface area contributed by atoms with Crippen molar-refractivity contribution >= 4 is 16.9 Å². The summed E-state index contributed by atoms with van der Waals surface area (Å²) in [7, 11) is 1.70. The van der Waals surface area contributed by atoms with E-state index in [-0.39, 0.29) is 17.8 Å². The molecule has 3 N–H and O–H groups in total. The summed E-state index contributed by atoms with van der Waals surface area (Å²) in [5.74, 6) is 0.893. The van der Waals surface area contributed by atoms with Gasteiger partial charge in [-0.2, -0.15) is 4.98 Å². The lowest BCUT2D eigenvalue weighted by atomic mass is 9.97. The molecule has 0 fully saturated rings. The third kappa shape index (κ3) is 3.21. The molecule has 4 rings (SSSR count). The normalized spacial score (nSPS) is 12.2. The number of ether oxygens (including phenoxy) is 1. The molecule has 4 aromatic rings. The molecule has 1 atom stereocenters. The molecule has 6 heteroatoms. The molecular weight excluding hydrogens is 342 g/mol. The quantitative estimate of drug-likeness (QED) is 0.465. The van der Waals surface area contributed by atoms with E-state index in [1.807, 2.05) is 61.7 Å². The van der Waals surface area contributed by atoms with E-state index < -0.39 is 0 Å². The van der Waals surface area contributed by atoms with Gasteiger partial charge in [0.1, 0.15) is 12.4 Å². The Morgan fingerprint density at radius 2 is 2.00 bits per heavy atom. The number of nitrogens with one attached hydrogen (secondary N) is 2. The molecule has 1 unspecified atom stereocenters. The molecule has 2 aromatic carbocycles. The number of H-pyrrole nitrogens is 1. The lowest BCUT2D eigenvalue weighted by Gasteiger charge is -2.12. The van der Waals surface area contributed by atoms with E-state index in [2.05, 4.69) is 15.3 Å². The Balaban J connectivity index is 1.70. The van der Waals surface area contributed by atoms with E-state index in [9.17, 15) is 5.11 Å². The molecule has 0 aliphatic carbocycles. The molecule has 0 spiro atoms. The van der Waals surface area contributed by atoms with Gasteiger partial charge in [-0.3, -0.25) is 0 Å². The lowest BCUT2D eigenvalue weighted by Crippen LogP contribution is -1.98. The van der Waals surface area contributed by atoms with Crippen LogP contribution in [0, 0.1) is 0 Å². The Bertz CT molecular complexity index is 1050. The fourth-order valence-electron chi connectivity index (χ4n) is 3.23. The highest BCUT2D eigenvalue weighted by Crippen LogP contribution is 2.39. The maximum absolute atomic E-state index is 10.1. The first kappa shape index (κ1) is 17.0. The van der Waals surface area contributed by atoms with Gasteiger partial charge >= 0.3 is 0 Å². The number of aromatic nitrogens is 2. The van der Waals surface area contributed by atoms with Crippen LogP contribution in [-0.2, 0) is 6.61 Å². The number of aromatic amines is 1. The van der Waals surface area contributed by atoms with Crippen LogP contribution in [0.3, 0.4) is 0 Å². The van der Waals surface area contributed by atoms with Crippen molar-refractivity contribution in [3.05, 3.63) is 71.6 Å². The van der Waals surface area contributed by atoms with Gasteiger partial charge in [0.2, 0.25) is 0 Å². The molecule has 6 nitrogen and oxygen atoms in total. The Morgan fingerprint density at radius 3 is 2.74 bits per heavy atom. The molecule has 0 saturated heterocycles. The molecular formula is C21H21N3O3. The topological polar surface area (TPSA) is 83.3 Å². The summed E-state index contributed by atoms with van der Waals surface area (Å²) in [4.78, 5) is 7.25. The predicted molar refractivity (Wildman–Crippen MR) is 104 cm³/mol. The smallest absolute Gasteiger partial charge is 0.297 e. The highest BCUT2D eigenvalue weighted by molar-refractivity contribution is 5.90. The van der Waals surface area contributed by atoms with E-state index in [0.29, 0.717) is 12.4 Å². The number of anilines is 1. The summed E-state index contributed by atoms with van der Waals surface area (Å²) < 4.78 is 11.7. The average molecular weight is 363 g/mol. The van der Waals surface area contributed by atoms with Gasteiger partial charge in [0.05, 0.1) is 0 Å². The first-order chi connectivity index (χ1) is 13.2. The SMILES string of the molecule is CNc1nc(O)c(C(C)c2c[nH]c3cccc(OCc4ccccc4)c23)o1. The first-order valence-corrected chi connectivity index (χ1v) is 8.81. The van der Waals surface area contributed by atoms with E-state index in [1.165, 1.54) is 0 Å². The monoisotopic (exact) mass is 363 g/mol. The predicted octanol–water partition coefficient (Wildman–Crippen LogP) is 4.63. The van der Waals surface area contributed by atoms with E-state index in [0.717, 1.165) is 27.8 Å².